The van der Waals surface area contributed by atoms with Crippen molar-refractivity contribution in [1.82, 2.24) is 10.2 Å². The maximum atomic E-state index is 6.15. The molecule has 1 heterocycles. The Bertz CT molecular complexity index is 239. The molecule has 0 aromatic heterocycles. The molecule has 2 rings (SSSR count). The highest BCUT2D eigenvalue weighted by atomic mass is 35.5. The van der Waals surface area contributed by atoms with Gasteiger partial charge in [0.15, 0.2) is 0 Å². The number of allylic oxidation sites excluding steroid dienone is 4. The normalized spacial score (nSPS) is 23.9. The lowest BCUT2D eigenvalue weighted by atomic mass is 10.1. The van der Waals surface area contributed by atoms with Crippen LogP contribution in [0.25, 0.3) is 0 Å². The molecule has 2 nitrogen and oxygen atoms in total. The second-order valence-corrected chi connectivity index (χ2v) is 3.88. The minimum atomic E-state index is 0.938. The van der Waals surface area contributed by atoms with Gasteiger partial charge in [-0.3, -0.25) is 0 Å². The first-order valence-electron chi connectivity index (χ1n) is 4.89. The molecule has 0 unspecified atom stereocenters. The van der Waals surface area contributed by atoms with Crippen molar-refractivity contribution in [2.45, 2.75) is 12.8 Å². The summed E-state index contributed by atoms with van der Waals surface area (Å²) < 4.78 is 0. The lowest BCUT2D eigenvalue weighted by molar-refractivity contribution is 0.289. The molecule has 1 aliphatic carbocycles. The van der Waals surface area contributed by atoms with Gasteiger partial charge in [-0.2, -0.15) is 0 Å². The Hall–Kier alpha value is -0.470. The summed E-state index contributed by atoms with van der Waals surface area (Å²) in [6.07, 6.45) is 6.42. The molecule has 0 bridgehead atoms. The summed E-state index contributed by atoms with van der Waals surface area (Å²) in [4.78, 5) is 2.41. The SMILES string of the molecule is ClC1=C(N2CCNCC2)CCC=C1. The lowest BCUT2D eigenvalue weighted by Gasteiger charge is -2.33. The van der Waals surface area contributed by atoms with Gasteiger partial charge in [0, 0.05) is 31.9 Å². The first kappa shape index (κ1) is 9.10. The van der Waals surface area contributed by atoms with Crippen molar-refractivity contribution in [3.63, 3.8) is 0 Å². The Kier molecular flexibility index (Phi) is 2.91. The predicted molar refractivity (Wildman–Crippen MR) is 55.7 cm³/mol. The van der Waals surface area contributed by atoms with Crippen LogP contribution in [0.2, 0.25) is 0 Å². The Labute approximate surface area is 84.2 Å². The standard InChI is InChI=1S/C10H15ClN2/c11-9-3-1-2-4-10(9)13-7-5-12-6-8-13/h1,3,12H,2,4-8H2. The van der Waals surface area contributed by atoms with E-state index in [0.717, 1.165) is 44.1 Å². The number of nitrogens with one attached hydrogen (secondary N) is 1. The van der Waals surface area contributed by atoms with Gasteiger partial charge in [0.2, 0.25) is 0 Å². The van der Waals surface area contributed by atoms with E-state index >= 15 is 0 Å². The first-order valence-corrected chi connectivity index (χ1v) is 5.26. The number of piperazine rings is 1. The Balaban J connectivity index is 2.08. The summed E-state index contributed by atoms with van der Waals surface area (Å²) in [5.74, 6) is 0. The fourth-order valence-electron chi connectivity index (χ4n) is 1.87. The van der Waals surface area contributed by atoms with E-state index in [1.807, 2.05) is 6.08 Å². The molecule has 0 amide bonds. The minimum absolute atomic E-state index is 0.938. The van der Waals surface area contributed by atoms with Crippen LogP contribution in [0.15, 0.2) is 22.9 Å². The Morgan fingerprint density at radius 1 is 1.31 bits per heavy atom. The van der Waals surface area contributed by atoms with E-state index in [0.29, 0.717) is 0 Å². The quantitative estimate of drug-likeness (QED) is 0.690. The van der Waals surface area contributed by atoms with Gasteiger partial charge in [-0.1, -0.05) is 17.7 Å². The molecule has 3 heteroatoms. The first-order chi connectivity index (χ1) is 6.38. The van der Waals surface area contributed by atoms with Crippen molar-refractivity contribution >= 4 is 11.6 Å². The van der Waals surface area contributed by atoms with Crippen LogP contribution in [0, 0.1) is 0 Å². The van der Waals surface area contributed by atoms with Gasteiger partial charge in [-0.25, -0.2) is 0 Å². The summed E-state index contributed by atoms with van der Waals surface area (Å²) in [6.45, 7) is 4.35. The second kappa shape index (κ2) is 4.16. The van der Waals surface area contributed by atoms with Gasteiger partial charge in [-0.05, 0) is 18.9 Å². The molecule has 1 fully saturated rings. The summed E-state index contributed by atoms with van der Waals surface area (Å²) in [5.41, 5.74) is 1.34. The van der Waals surface area contributed by atoms with E-state index in [1.165, 1.54) is 5.70 Å². The van der Waals surface area contributed by atoms with E-state index in [4.69, 9.17) is 11.6 Å². The molecule has 2 aliphatic rings. The van der Waals surface area contributed by atoms with Crippen LogP contribution in [0.1, 0.15) is 12.8 Å². The number of halogens is 1. The van der Waals surface area contributed by atoms with Gasteiger partial charge in [0.05, 0.1) is 5.03 Å². The van der Waals surface area contributed by atoms with Crippen LogP contribution >= 0.6 is 11.6 Å². The minimum Gasteiger partial charge on any atom is -0.371 e. The number of rotatable bonds is 1. The van der Waals surface area contributed by atoms with Gasteiger partial charge < -0.3 is 10.2 Å². The third-order valence-electron chi connectivity index (χ3n) is 2.59. The third kappa shape index (κ3) is 2.06. The van der Waals surface area contributed by atoms with Gasteiger partial charge >= 0.3 is 0 Å². The van der Waals surface area contributed by atoms with Crippen molar-refractivity contribution in [2.24, 2.45) is 0 Å². The van der Waals surface area contributed by atoms with Crippen LogP contribution in [0.3, 0.4) is 0 Å². The van der Waals surface area contributed by atoms with E-state index in [-0.39, 0.29) is 0 Å². The second-order valence-electron chi connectivity index (χ2n) is 3.47. The molecule has 72 valence electrons. The van der Waals surface area contributed by atoms with Crippen molar-refractivity contribution in [2.75, 3.05) is 26.2 Å². The Morgan fingerprint density at radius 2 is 2.08 bits per heavy atom. The summed E-state index contributed by atoms with van der Waals surface area (Å²) in [5, 5.41) is 4.28. The van der Waals surface area contributed by atoms with Crippen molar-refractivity contribution in [3.05, 3.63) is 22.9 Å². The lowest BCUT2D eigenvalue weighted by Crippen LogP contribution is -2.43. The van der Waals surface area contributed by atoms with Gasteiger partial charge in [-0.15, -0.1) is 0 Å². The fraction of sp³-hybridized carbons (Fsp3) is 0.600. The molecule has 1 N–H and O–H groups in total. The predicted octanol–water partition coefficient (Wildman–Crippen LogP) is 1.69. The average molecular weight is 199 g/mol. The molecule has 1 aliphatic heterocycles. The molecule has 0 aromatic rings. The maximum absolute atomic E-state index is 6.15. The van der Waals surface area contributed by atoms with Crippen LogP contribution < -0.4 is 5.32 Å². The van der Waals surface area contributed by atoms with Crippen molar-refractivity contribution in [1.29, 1.82) is 0 Å². The zero-order valence-corrected chi connectivity index (χ0v) is 8.48. The van der Waals surface area contributed by atoms with Crippen LogP contribution in [-0.4, -0.2) is 31.1 Å². The molecule has 0 spiro atoms. The third-order valence-corrected chi connectivity index (χ3v) is 2.93. The monoisotopic (exact) mass is 198 g/mol. The summed E-state index contributed by atoms with van der Waals surface area (Å²) >= 11 is 6.15. The highest BCUT2D eigenvalue weighted by molar-refractivity contribution is 6.31. The number of nitrogens with zero attached hydrogens (tertiary/aromatic N) is 1. The molecular formula is C10H15ClN2. The zero-order valence-electron chi connectivity index (χ0n) is 7.72. The van der Waals surface area contributed by atoms with Crippen LogP contribution in [0.4, 0.5) is 0 Å². The molecule has 0 saturated carbocycles. The van der Waals surface area contributed by atoms with Crippen LogP contribution in [-0.2, 0) is 0 Å². The molecule has 13 heavy (non-hydrogen) atoms. The molecule has 1 saturated heterocycles. The molecule has 0 atom stereocenters. The fourth-order valence-corrected chi connectivity index (χ4v) is 2.17. The molecular weight excluding hydrogens is 184 g/mol. The van der Waals surface area contributed by atoms with Crippen LogP contribution in [0.5, 0.6) is 0 Å². The average Bonchev–Trinajstić information content (AvgIpc) is 2.20. The summed E-state index contributed by atoms with van der Waals surface area (Å²) in [7, 11) is 0. The molecule has 0 radical (unpaired) electrons. The highest BCUT2D eigenvalue weighted by Gasteiger charge is 2.16. The van der Waals surface area contributed by atoms with Gasteiger partial charge in [0.1, 0.15) is 0 Å². The van der Waals surface area contributed by atoms with Crippen molar-refractivity contribution < 1.29 is 0 Å². The van der Waals surface area contributed by atoms with E-state index < -0.39 is 0 Å². The van der Waals surface area contributed by atoms with Gasteiger partial charge in [0.25, 0.3) is 0 Å². The summed E-state index contributed by atoms with van der Waals surface area (Å²) in [6, 6.07) is 0. The smallest absolute Gasteiger partial charge is 0.0594 e. The largest absolute Gasteiger partial charge is 0.371 e. The highest BCUT2D eigenvalue weighted by Crippen LogP contribution is 2.25. The van der Waals surface area contributed by atoms with E-state index in [9.17, 15) is 0 Å². The zero-order chi connectivity index (χ0) is 9.10. The maximum Gasteiger partial charge on any atom is 0.0594 e. The van der Waals surface area contributed by atoms with E-state index in [2.05, 4.69) is 16.3 Å². The van der Waals surface area contributed by atoms with Crippen molar-refractivity contribution in [3.8, 4) is 0 Å². The topological polar surface area (TPSA) is 15.3 Å². The van der Waals surface area contributed by atoms with E-state index in [1.54, 1.807) is 0 Å². The molecule has 0 aromatic carbocycles. The Morgan fingerprint density at radius 3 is 2.77 bits per heavy atom. The number of hydrogen-bond donors (Lipinski definition) is 1. The number of hydrogen-bond acceptors (Lipinski definition) is 2.